The summed E-state index contributed by atoms with van der Waals surface area (Å²) < 4.78 is 32.2. The Morgan fingerprint density at radius 3 is 2.65 bits per heavy atom. The predicted molar refractivity (Wildman–Crippen MR) is 137 cm³/mol. The minimum Gasteiger partial charge on any atom is -0.494 e. The fourth-order valence-corrected chi connectivity index (χ4v) is 4.41. The molecule has 2 heterocycles. The van der Waals surface area contributed by atoms with Crippen molar-refractivity contribution in [3.63, 3.8) is 0 Å². The average molecular weight is 532 g/mol. The highest BCUT2D eigenvalue weighted by Crippen LogP contribution is 2.35. The van der Waals surface area contributed by atoms with E-state index in [0.717, 1.165) is 25.7 Å². The number of hydrogen-bond acceptors (Lipinski definition) is 7. The summed E-state index contributed by atoms with van der Waals surface area (Å²) in [6.45, 7) is 5.98. The van der Waals surface area contributed by atoms with E-state index in [1.807, 2.05) is 20.8 Å². The van der Waals surface area contributed by atoms with Gasteiger partial charge in [0.25, 0.3) is 0 Å². The van der Waals surface area contributed by atoms with Gasteiger partial charge in [-0.05, 0) is 64.5 Å². The molecule has 1 saturated carbocycles. The first-order chi connectivity index (χ1) is 17.6. The molecule has 1 fully saturated rings. The van der Waals surface area contributed by atoms with Crippen molar-refractivity contribution >= 4 is 17.7 Å². The van der Waals surface area contributed by atoms with Crippen molar-refractivity contribution in [3.05, 3.63) is 47.9 Å². The number of amides is 1. The third-order valence-electron chi connectivity index (χ3n) is 6.05. The van der Waals surface area contributed by atoms with Crippen molar-refractivity contribution in [1.29, 1.82) is 0 Å². The number of benzene rings is 1. The molecular formula is C26H31ClFN5O4. The monoisotopic (exact) mass is 531 g/mol. The fourth-order valence-electron chi connectivity index (χ4n) is 4.22. The van der Waals surface area contributed by atoms with Crippen molar-refractivity contribution in [2.24, 2.45) is 5.92 Å². The predicted octanol–water partition coefficient (Wildman–Crippen LogP) is 5.59. The summed E-state index contributed by atoms with van der Waals surface area (Å²) in [5, 5.41) is 7.49. The highest BCUT2D eigenvalue weighted by molar-refractivity contribution is 6.31. The zero-order chi connectivity index (χ0) is 26.6. The van der Waals surface area contributed by atoms with Gasteiger partial charge < -0.3 is 19.5 Å². The number of aromatic nitrogens is 4. The minimum atomic E-state index is -0.523. The molecule has 0 radical (unpaired) electrons. The van der Waals surface area contributed by atoms with Crippen LogP contribution in [0, 0.1) is 11.7 Å². The van der Waals surface area contributed by atoms with Gasteiger partial charge in [-0.3, -0.25) is 0 Å². The van der Waals surface area contributed by atoms with Crippen LogP contribution in [-0.2, 0) is 4.74 Å². The van der Waals surface area contributed by atoms with Crippen LogP contribution < -0.4 is 14.8 Å². The lowest BCUT2D eigenvalue weighted by molar-refractivity contribution is 0.0483. The molecule has 0 aliphatic heterocycles. The molecule has 1 aromatic carbocycles. The van der Waals surface area contributed by atoms with Gasteiger partial charge in [-0.1, -0.05) is 11.6 Å². The molecular weight excluding hydrogens is 501 g/mol. The fraction of sp³-hybridized carbons (Fsp3) is 0.462. The standard InChI is InChI=1S/C26H31ClFN5O4/c1-26(2,3)37-25(34)32-18-7-5-16(6-8-18)14-36-23-22(29-15-30-24(23)27)17-12-31-33(13-17)19-9-10-21(35-4)20(28)11-19/h9-13,15-16,18H,5-8,14H2,1-4H3,(H,32,34). The largest absolute Gasteiger partial charge is 0.494 e. The summed E-state index contributed by atoms with van der Waals surface area (Å²) in [6.07, 6.45) is 7.77. The Bertz CT molecular complexity index is 1240. The molecule has 37 heavy (non-hydrogen) atoms. The lowest BCUT2D eigenvalue weighted by Crippen LogP contribution is -2.41. The van der Waals surface area contributed by atoms with Crippen LogP contribution in [0.2, 0.25) is 5.15 Å². The van der Waals surface area contributed by atoms with Crippen LogP contribution in [0.3, 0.4) is 0 Å². The average Bonchev–Trinajstić information content (AvgIpc) is 3.33. The van der Waals surface area contributed by atoms with Gasteiger partial charge in [-0.2, -0.15) is 5.10 Å². The minimum absolute atomic E-state index is 0.0823. The Balaban J connectivity index is 1.39. The molecule has 0 spiro atoms. The number of nitrogens with zero attached hydrogens (tertiary/aromatic N) is 4. The van der Waals surface area contributed by atoms with Crippen molar-refractivity contribution in [2.45, 2.75) is 58.1 Å². The first kappa shape index (κ1) is 26.7. The van der Waals surface area contributed by atoms with Gasteiger partial charge in [0.2, 0.25) is 0 Å². The van der Waals surface area contributed by atoms with Gasteiger partial charge in [-0.15, -0.1) is 0 Å². The third kappa shape index (κ3) is 6.88. The number of halogens is 2. The number of nitrogens with one attached hydrogen (secondary N) is 1. The number of ether oxygens (including phenoxy) is 3. The molecule has 198 valence electrons. The third-order valence-corrected chi connectivity index (χ3v) is 6.32. The summed E-state index contributed by atoms with van der Waals surface area (Å²) in [6, 6.07) is 4.67. The number of alkyl carbamates (subject to hydrolysis) is 1. The molecule has 1 aliphatic rings. The second-order valence-electron chi connectivity index (χ2n) is 10.0. The highest BCUT2D eigenvalue weighted by Gasteiger charge is 2.26. The molecule has 1 N–H and O–H groups in total. The Kier molecular flexibility index (Phi) is 8.16. The summed E-state index contributed by atoms with van der Waals surface area (Å²) in [7, 11) is 1.41. The first-order valence-electron chi connectivity index (χ1n) is 12.1. The SMILES string of the molecule is COc1ccc(-n2cc(-c3ncnc(Cl)c3OCC3CCC(NC(=O)OC(C)(C)C)CC3)cn2)cc1F. The lowest BCUT2D eigenvalue weighted by Gasteiger charge is -2.30. The van der Waals surface area contributed by atoms with Crippen molar-refractivity contribution in [3.8, 4) is 28.4 Å². The van der Waals surface area contributed by atoms with Crippen molar-refractivity contribution in [2.75, 3.05) is 13.7 Å². The molecule has 2 aromatic heterocycles. The lowest BCUT2D eigenvalue weighted by atomic mass is 9.86. The van der Waals surface area contributed by atoms with Crippen LogP contribution in [0.5, 0.6) is 11.5 Å². The Labute approximate surface area is 220 Å². The Hall–Kier alpha value is -3.40. The van der Waals surface area contributed by atoms with E-state index in [1.165, 1.54) is 24.2 Å². The first-order valence-corrected chi connectivity index (χ1v) is 12.5. The molecule has 1 amide bonds. The molecule has 11 heteroatoms. The van der Waals surface area contributed by atoms with E-state index in [1.54, 1.807) is 24.5 Å². The van der Waals surface area contributed by atoms with Crippen LogP contribution in [-0.4, -0.2) is 51.2 Å². The van der Waals surface area contributed by atoms with Crippen molar-refractivity contribution < 1.29 is 23.4 Å². The molecule has 1 aliphatic carbocycles. The van der Waals surface area contributed by atoms with Gasteiger partial charge in [0, 0.05) is 23.9 Å². The summed E-state index contributed by atoms with van der Waals surface area (Å²) in [4.78, 5) is 20.5. The van der Waals surface area contributed by atoms with E-state index in [2.05, 4.69) is 20.4 Å². The molecule has 0 unspecified atom stereocenters. The quantitative estimate of drug-likeness (QED) is 0.396. The number of carbonyl (C=O) groups excluding carboxylic acids is 1. The second kappa shape index (κ2) is 11.3. The van der Waals surface area contributed by atoms with Gasteiger partial charge in [0.15, 0.2) is 22.5 Å². The van der Waals surface area contributed by atoms with Crippen LogP contribution >= 0.6 is 11.6 Å². The highest BCUT2D eigenvalue weighted by atomic mass is 35.5. The maximum atomic E-state index is 14.2. The van der Waals surface area contributed by atoms with Gasteiger partial charge in [-0.25, -0.2) is 23.8 Å². The molecule has 3 aromatic rings. The molecule has 4 rings (SSSR count). The van der Waals surface area contributed by atoms with E-state index in [0.29, 0.717) is 35.2 Å². The number of methoxy groups -OCH3 is 1. The zero-order valence-electron chi connectivity index (χ0n) is 21.3. The molecule has 9 nitrogen and oxygen atoms in total. The Morgan fingerprint density at radius 2 is 1.97 bits per heavy atom. The zero-order valence-corrected chi connectivity index (χ0v) is 22.1. The number of rotatable bonds is 7. The van der Waals surface area contributed by atoms with E-state index in [9.17, 15) is 9.18 Å². The Morgan fingerprint density at radius 1 is 1.22 bits per heavy atom. The normalized spacial score (nSPS) is 17.8. The summed E-state index contributed by atoms with van der Waals surface area (Å²) >= 11 is 6.38. The van der Waals surface area contributed by atoms with E-state index >= 15 is 0 Å². The number of hydrogen-bond donors (Lipinski definition) is 1. The van der Waals surface area contributed by atoms with Crippen LogP contribution in [0.4, 0.5) is 9.18 Å². The van der Waals surface area contributed by atoms with E-state index in [-0.39, 0.29) is 23.0 Å². The van der Waals surface area contributed by atoms with Crippen molar-refractivity contribution in [1.82, 2.24) is 25.1 Å². The molecule has 0 bridgehead atoms. The molecule has 0 atom stereocenters. The van der Waals surface area contributed by atoms with Gasteiger partial charge in [0.05, 0.1) is 25.6 Å². The van der Waals surface area contributed by atoms with Crippen LogP contribution in [0.25, 0.3) is 16.9 Å². The smallest absolute Gasteiger partial charge is 0.407 e. The van der Waals surface area contributed by atoms with Crippen LogP contribution in [0.1, 0.15) is 46.5 Å². The second-order valence-corrected chi connectivity index (χ2v) is 10.4. The number of carbonyl (C=O) groups is 1. The maximum absolute atomic E-state index is 14.2. The maximum Gasteiger partial charge on any atom is 0.407 e. The summed E-state index contributed by atoms with van der Waals surface area (Å²) in [5.41, 5.74) is 1.16. The van der Waals surface area contributed by atoms with E-state index < -0.39 is 11.4 Å². The van der Waals surface area contributed by atoms with Gasteiger partial charge >= 0.3 is 6.09 Å². The van der Waals surface area contributed by atoms with Gasteiger partial charge in [0.1, 0.15) is 17.6 Å². The van der Waals surface area contributed by atoms with E-state index in [4.69, 9.17) is 25.8 Å². The topological polar surface area (TPSA) is 100 Å². The van der Waals surface area contributed by atoms with Crippen LogP contribution in [0.15, 0.2) is 36.9 Å². The summed E-state index contributed by atoms with van der Waals surface area (Å²) in [5.74, 6) is 0.343. The molecule has 0 saturated heterocycles.